The van der Waals surface area contributed by atoms with Gasteiger partial charge in [0.25, 0.3) is 0 Å². The lowest BCUT2D eigenvalue weighted by Crippen LogP contribution is -2.66. The van der Waals surface area contributed by atoms with Crippen LogP contribution in [0.5, 0.6) is 0 Å². The van der Waals surface area contributed by atoms with Crippen molar-refractivity contribution in [3.8, 4) is 23.7 Å². The van der Waals surface area contributed by atoms with Crippen LogP contribution in [0.15, 0.2) is 0 Å². The number of carbonyl (C=O) groups is 1. The topological polar surface area (TPSA) is 198 Å². The Hall–Kier alpha value is -1.81. The molecule has 2 heterocycles. The summed E-state index contributed by atoms with van der Waals surface area (Å²) in [5.74, 6) is 11.5. The zero-order valence-electron chi connectivity index (χ0n) is 23.7. The van der Waals surface area contributed by atoms with Crippen LogP contribution in [0.2, 0.25) is 0 Å². The molecule has 0 aromatic carbocycles. The van der Waals surface area contributed by atoms with E-state index in [1.165, 1.54) is 0 Å². The standard InChI is InChI=1S/C29H47NO11/c1-2-3-4-5-6-7-8-9-10-11-12-13-14-15-16-21(33)30-28-25(37)24(36)27(20(18-32)39-28)41-29-26(38)23(35)22(34)19(17-31)40-29/h19-20,22-29,31-32,34-38H,2-4,9-18H2,1H3,(H,30,33)/t19-,20-,22+,23+,24-,25-,26-,27-,28-,29+/m1/s1. The predicted molar refractivity (Wildman–Crippen MR) is 147 cm³/mol. The van der Waals surface area contributed by atoms with Gasteiger partial charge in [-0.05, 0) is 31.1 Å². The van der Waals surface area contributed by atoms with E-state index in [4.69, 9.17) is 14.2 Å². The zero-order chi connectivity index (χ0) is 30.2. The van der Waals surface area contributed by atoms with E-state index >= 15 is 0 Å². The Morgan fingerprint density at radius 2 is 1.34 bits per heavy atom. The zero-order valence-corrected chi connectivity index (χ0v) is 23.7. The van der Waals surface area contributed by atoms with E-state index in [1.54, 1.807) is 0 Å². The molecule has 41 heavy (non-hydrogen) atoms. The maximum atomic E-state index is 12.4. The first-order valence-corrected chi connectivity index (χ1v) is 14.6. The highest BCUT2D eigenvalue weighted by atomic mass is 16.7. The van der Waals surface area contributed by atoms with Gasteiger partial charge in [0, 0.05) is 19.3 Å². The summed E-state index contributed by atoms with van der Waals surface area (Å²) >= 11 is 0. The van der Waals surface area contributed by atoms with E-state index < -0.39 is 74.6 Å². The summed E-state index contributed by atoms with van der Waals surface area (Å²) in [6.07, 6.45) is -5.48. The fraction of sp³-hybridized carbons (Fsp3) is 0.828. The average molecular weight is 586 g/mol. The average Bonchev–Trinajstić information content (AvgIpc) is 2.97. The van der Waals surface area contributed by atoms with E-state index in [-0.39, 0.29) is 12.3 Å². The van der Waals surface area contributed by atoms with Crippen molar-refractivity contribution in [2.24, 2.45) is 0 Å². The molecule has 2 saturated heterocycles. The van der Waals surface area contributed by atoms with E-state index in [0.717, 1.165) is 57.8 Å². The lowest BCUT2D eigenvalue weighted by molar-refractivity contribution is -0.343. The number of aliphatic hydroxyl groups is 7. The number of carbonyl (C=O) groups excluding carboxylic acids is 1. The molecule has 8 N–H and O–H groups in total. The van der Waals surface area contributed by atoms with Gasteiger partial charge in [0.2, 0.25) is 5.91 Å². The number of hydrogen-bond acceptors (Lipinski definition) is 11. The highest BCUT2D eigenvalue weighted by Gasteiger charge is 2.50. The van der Waals surface area contributed by atoms with Gasteiger partial charge in [-0.15, -0.1) is 0 Å². The molecule has 2 aliphatic rings. The Labute approximate surface area is 242 Å². The minimum absolute atomic E-state index is 0.194. The summed E-state index contributed by atoms with van der Waals surface area (Å²) in [5.41, 5.74) is 0. The van der Waals surface area contributed by atoms with Crippen LogP contribution in [0.1, 0.15) is 77.6 Å². The molecule has 234 valence electrons. The Bertz CT molecular complexity index is 877. The van der Waals surface area contributed by atoms with Crippen LogP contribution in [0.3, 0.4) is 0 Å². The molecule has 0 saturated carbocycles. The molecule has 10 atom stereocenters. The molecule has 0 radical (unpaired) electrons. The lowest BCUT2D eigenvalue weighted by Gasteiger charge is -2.46. The summed E-state index contributed by atoms with van der Waals surface area (Å²) in [4.78, 5) is 12.4. The van der Waals surface area contributed by atoms with E-state index in [2.05, 4.69) is 35.9 Å². The van der Waals surface area contributed by atoms with Gasteiger partial charge in [-0.25, -0.2) is 0 Å². The molecule has 0 aromatic heterocycles. The lowest BCUT2D eigenvalue weighted by atomic mass is 9.96. The van der Waals surface area contributed by atoms with Gasteiger partial charge in [-0.3, -0.25) is 4.79 Å². The highest BCUT2D eigenvalue weighted by molar-refractivity contribution is 5.76. The second kappa shape index (κ2) is 19.4. The van der Waals surface area contributed by atoms with Crippen molar-refractivity contribution in [1.82, 2.24) is 5.32 Å². The number of ether oxygens (including phenoxy) is 3. The third-order valence-corrected chi connectivity index (χ3v) is 7.16. The van der Waals surface area contributed by atoms with Crippen LogP contribution in [0.25, 0.3) is 0 Å². The van der Waals surface area contributed by atoms with Gasteiger partial charge < -0.3 is 55.3 Å². The fourth-order valence-corrected chi connectivity index (χ4v) is 4.62. The largest absolute Gasteiger partial charge is 0.394 e. The summed E-state index contributed by atoms with van der Waals surface area (Å²) in [7, 11) is 0. The third-order valence-electron chi connectivity index (χ3n) is 7.16. The summed E-state index contributed by atoms with van der Waals surface area (Å²) < 4.78 is 16.4. The third kappa shape index (κ3) is 11.4. The maximum Gasteiger partial charge on any atom is 0.222 e. The van der Waals surface area contributed by atoms with Crippen LogP contribution in [0.4, 0.5) is 0 Å². The smallest absolute Gasteiger partial charge is 0.222 e. The minimum Gasteiger partial charge on any atom is -0.394 e. The Morgan fingerprint density at radius 3 is 1.98 bits per heavy atom. The SMILES string of the molecule is CCCCC#CC#CCCCCCCCCC(=O)N[C@@H]1O[C@H](CO)[C@@H](O[C@@H]2O[C@H](CO)[C@H](O)[C@H](O)[C@H]2O)[C@H](O)[C@H]1O. The van der Waals surface area contributed by atoms with Crippen LogP contribution < -0.4 is 5.32 Å². The molecule has 0 unspecified atom stereocenters. The Morgan fingerprint density at radius 1 is 0.732 bits per heavy atom. The second-order valence-corrected chi connectivity index (χ2v) is 10.5. The molecule has 2 aliphatic heterocycles. The Kier molecular flexibility index (Phi) is 16.7. The van der Waals surface area contributed by atoms with Crippen molar-refractivity contribution in [3.05, 3.63) is 0 Å². The van der Waals surface area contributed by atoms with E-state index in [0.29, 0.717) is 6.42 Å². The molecular weight excluding hydrogens is 538 g/mol. The fourth-order valence-electron chi connectivity index (χ4n) is 4.62. The quantitative estimate of drug-likeness (QED) is 0.0870. The van der Waals surface area contributed by atoms with Crippen LogP contribution >= 0.6 is 0 Å². The molecule has 0 aromatic rings. The molecular formula is C29H47NO11. The van der Waals surface area contributed by atoms with Crippen LogP contribution in [0, 0.1) is 23.7 Å². The molecule has 0 spiro atoms. The van der Waals surface area contributed by atoms with Crippen molar-refractivity contribution >= 4 is 5.91 Å². The van der Waals surface area contributed by atoms with Crippen molar-refractivity contribution in [2.75, 3.05) is 13.2 Å². The first-order valence-electron chi connectivity index (χ1n) is 14.6. The number of nitrogens with one attached hydrogen (secondary N) is 1. The maximum absolute atomic E-state index is 12.4. The number of hydrogen-bond donors (Lipinski definition) is 8. The highest BCUT2D eigenvalue weighted by Crippen LogP contribution is 2.28. The summed E-state index contributed by atoms with van der Waals surface area (Å²) in [6, 6.07) is 0. The van der Waals surface area contributed by atoms with E-state index in [9.17, 15) is 40.5 Å². The minimum atomic E-state index is -1.75. The first-order chi connectivity index (χ1) is 19.7. The number of rotatable bonds is 15. The molecule has 0 aliphatic carbocycles. The molecule has 2 rings (SSSR count). The number of unbranched alkanes of at least 4 members (excludes halogenated alkanes) is 8. The number of aliphatic hydroxyl groups excluding tert-OH is 7. The van der Waals surface area contributed by atoms with Crippen molar-refractivity contribution in [3.63, 3.8) is 0 Å². The molecule has 1 amide bonds. The van der Waals surface area contributed by atoms with Crippen molar-refractivity contribution < 1.29 is 54.8 Å². The second-order valence-electron chi connectivity index (χ2n) is 10.5. The van der Waals surface area contributed by atoms with Crippen molar-refractivity contribution in [1.29, 1.82) is 0 Å². The first kappa shape index (κ1) is 35.4. The summed E-state index contributed by atoms with van der Waals surface area (Å²) in [6.45, 7) is 0.780. The molecule has 0 bridgehead atoms. The van der Waals surface area contributed by atoms with E-state index in [1.807, 2.05) is 0 Å². The molecule has 12 nitrogen and oxygen atoms in total. The van der Waals surface area contributed by atoms with Gasteiger partial charge in [0.15, 0.2) is 12.5 Å². The summed E-state index contributed by atoms with van der Waals surface area (Å²) in [5, 5.41) is 72.9. The van der Waals surface area contributed by atoms with Gasteiger partial charge in [-0.1, -0.05) is 50.9 Å². The van der Waals surface area contributed by atoms with Gasteiger partial charge in [0.05, 0.1) is 13.2 Å². The van der Waals surface area contributed by atoms with Crippen LogP contribution in [-0.2, 0) is 19.0 Å². The van der Waals surface area contributed by atoms with Crippen LogP contribution in [-0.4, -0.2) is 116 Å². The molecule has 12 heteroatoms. The molecule has 2 fully saturated rings. The normalized spacial score (nSPS) is 33.3. The van der Waals surface area contributed by atoms with Gasteiger partial charge in [0.1, 0.15) is 48.8 Å². The van der Waals surface area contributed by atoms with Crippen molar-refractivity contribution in [2.45, 2.75) is 139 Å². The number of amides is 1. The predicted octanol–water partition coefficient (Wildman–Crippen LogP) is -0.955. The Balaban J connectivity index is 1.70. The van der Waals surface area contributed by atoms with Gasteiger partial charge >= 0.3 is 0 Å². The monoisotopic (exact) mass is 585 g/mol. The van der Waals surface area contributed by atoms with Gasteiger partial charge in [-0.2, -0.15) is 0 Å².